The monoisotopic (exact) mass is 469 g/mol. The molecule has 1 aliphatic heterocycles. The highest BCUT2D eigenvalue weighted by atomic mass is 19.4. The largest absolute Gasteiger partial charge is 0.408 e. The van der Waals surface area contributed by atoms with E-state index in [4.69, 9.17) is 0 Å². The van der Waals surface area contributed by atoms with Gasteiger partial charge in [0.05, 0.1) is 24.4 Å². The summed E-state index contributed by atoms with van der Waals surface area (Å²) in [5.74, 6) is 0.644. The van der Waals surface area contributed by atoms with E-state index in [1.807, 2.05) is 0 Å². The molecule has 0 spiro atoms. The van der Waals surface area contributed by atoms with Gasteiger partial charge in [-0.2, -0.15) is 18.2 Å². The highest BCUT2D eigenvalue weighted by Crippen LogP contribution is 2.36. The van der Waals surface area contributed by atoms with E-state index in [1.165, 1.54) is 31.5 Å². The molecule has 0 aromatic carbocycles. The summed E-state index contributed by atoms with van der Waals surface area (Å²) in [4.78, 5) is 18.4. The maximum Gasteiger partial charge on any atom is 0.408 e. The third-order valence-corrected chi connectivity index (χ3v) is 5.53. The fraction of sp³-hybridized carbons (Fsp3) is 0.500. The van der Waals surface area contributed by atoms with Crippen LogP contribution in [0.3, 0.4) is 0 Å². The summed E-state index contributed by atoms with van der Waals surface area (Å²) < 4.78 is 55.3. The number of aliphatic hydroxyl groups excluding tert-OH is 2. The molecule has 1 fully saturated rings. The van der Waals surface area contributed by atoms with Gasteiger partial charge in [0.25, 0.3) is 0 Å². The summed E-state index contributed by atoms with van der Waals surface area (Å²) in [7, 11) is 0. The lowest BCUT2D eigenvalue weighted by Gasteiger charge is -2.32. The van der Waals surface area contributed by atoms with Gasteiger partial charge in [0.15, 0.2) is 0 Å². The fourth-order valence-electron chi connectivity index (χ4n) is 3.71. The predicted octanol–water partition coefficient (Wildman–Crippen LogP) is 3.05. The highest BCUT2D eigenvalue weighted by Gasteiger charge is 2.40. The Labute approximate surface area is 186 Å². The minimum atomic E-state index is -4.55. The number of nitrogens with one attached hydrogen (secondary N) is 1. The van der Waals surface area contributed by atoms with Gasteiger partial charge < -0.3 is 25.0 Å². The molecule has 13 heteroatoms. The Morgan fingerprint density at radius 1 is 1.18 bits per heavy atom. The molecule has 0 amide bonds. The molecule has 33 heavy (non-hydrogen) atoms. The quantitative estimate of drug-likeness (QED) is 0.489. The molecule has 3 aromatic rings. The second-order valence-electron chi connectivity index (χ2n) is 7.98. The van der Waals surface area contributed by atoms with Gasteiger partial charge in [0.2, 0.25) is 5.95 Å². The van der Waals surface area contributed by atoms with Gasteiger partial charge >= 0.3 is 6.18 Å². The van der Waals surface area contributed by atoms with Crippen molar-refractivity contribution in [3.8, 4) is 0 Å². The van der Waals surface area contributed by atoms with Crippen molar-refractivity contribution in [1.82, 2.24) is 24.5 Å². The number of halogens is 4. The lowest BCUT2D eigenvalue weighted by Crippen LogP contribution is -2.45. The molecule has 2 unspecified atom stereocenters. The van der Waals surface area contributed by atoms with Crippen LogP contribution in [-0.2, 0) is 0 Å². The lowest BCUT2D eigenvalue weighted by atomic mass is 10.1. The number of alkyl halides is 4. The molecule has 3 aromatic heterocycles. The molecule has 178 valence electrons. The van der Waals surface area contributed by atoms with Crippen LogP contribution in [0.15, 0.2) is 24.5 Å². The predicted molar refractivity (Wildman–Crippen MR) is 112 cm³/mol. The van der Waals surface area contributed by atoms with Gasteiger partial charge in [-0.05, 0) is 26.3 Å². The molecule has 0 saturated carbocycles. The van der Waals surface area contributed by atoms with Crippen LogP contribution in [0.4, 0.5) is 35.1 Å². The zero-order chi connectivity index (χ0) is 23.9. The Hall–Kier alpha value is -3.06. The Bertz CT molecular complexity index is 1140. The first-order valence-electron chi connectivity index (χ1n) is 10.3. The number of hydrogen-bond acceptors (Lipinski definition) is 8. The minimum absolute atomic E-state index is 0.0501. The minimum Gasteiger partial charge on any atom is -0.390 e. The zero-order valence-electron chi connectivity index (χ0n) is 17.8. The molecule has 3 N–H and O–H groups in total. The standard InChI is InChI=1S/C20H23F4N7O2/c1-10(32)18-27-13-8-26-17(7-14(13)31(18)11(2)20(22,23)24)28-16-3-5-25-19(29-16)30-6-4-15(33)12(21)9-30/h3,5,7-8,10-12,15,32-33H,4,6,9H2,1-2H3,(H,25,26,28,29)/t10?,11?,12-,15+/m0/s1. The Balaban J connectivity index is 1.65. The summed E-state index contributed by atoms with van der Waals surface area (Å²) in [5, 5.41) is 22.5. The second kappa shape index (κ2) is 8.71. The smallest absolute Gasteiger partial charge is 0.390 e. The summed E-state index contributed by atoms with van der Waals surface area (Å²) in [5.41, 5.74) is 0.351. The highest BCUT2D eigenvalue weighted by molar-refractivity contribution is 5.79. The molecule has 4 atom stereocenters. The van der Waals surface area contributed by atoms with Crippen molar-refractivity contribution in [3.63, 3.8) is 0 Å². The van der Waals surface area contributed by atoms with Gasteiger partial charge in [-0.15, -0.1) is 0 Å². The van der Waals surface area contributed by atoms with E-state index in [0.29, 0.717) is 12.4 Å². The number of aliphatic hydroxyl groups is 2. The van der Waals surface area contributed by atoms with Crippen molar-refractivity contribution in [2.24, 2.45) is 0 Å². The van der Waals surface area contributed by atoms with Crippen molar-refractivity contribution in [2.45, 2.75) is 50.9 Å². The molecular weight excluding hydrogens is 446 g/mol. The summed E-state index contributed by atoms with van der Waals surface area (Å²) in [6.45, 7) is 2.67. The maximum absolute atomic E-state index is 13.9. The van der Waals surface area contributed by atoms with E-state index in [9.17, 15) is 27.8 Å². The van der Waals surface area contributed by atoms with Gasteiger partial charge in [-0.3, -0.25) is 0 Å². The van der Waals surface area contributed by atoms with Crippen LogP contribution in [0.2, 0.25) is 0 Å². The van der Waals surface area contributed by atoms with Gasteiger partial charge in [0.1, 0.15) is 41.3 Å². The third kappa shape index (κ3) is 4.69. The molecule has 9 nitrogen and oxygen atoms in total. The second-order valence-corrected chi connectivity index (χ2v) is 7.98. The van der Waals surface area contributed by atoms with Crippen molar-refractivity contribution in [3.05, 3.63) is 30.4 Å². The van der Waals surface area contributed by atoms with Gasteiger partial charge in [0, 0.05) is 18.8 Å². The number of hydrogen-bond donors (Lipinski definition) is 3. The third-order valence-electron chi connectivity index (χ3n) is 5.53. The van der Waals surface area contributed by atoms with Crippen molar-refractivity contribution in [2.75, 3.05) is 23.3 Å². The van der Waals surface area contributed by atoms with Crippen molar-refractivity contribution >= 4 is 28.6 Å². The SMILES string of the molecule is CC(O)c1nc2cnc(Nc3ccnc(N4CC[C@@H](O)[C@@H](F)C4)n3)cc2n1C(C)C(F)(F)F. The average molecular weight is 469 g/mol. The fourth-order valence-corrected chi connectivity index (χ4v) is 3.71. The van der Waals surface area contributed by atoms with Crippen LogP contribution in [0.1, 0.15) is 38.2 Å². The number of nitrogens with zero attached hydrogens (tertiary/aromatic N) is 6. The normalized spacial score (nSPS) is 21.3. The van der Waals surface area contributed by atoms with Gasteiger partial charge in [-0.25, -0.2) is 19.3 Å². The van der Waals surface area contributed by atoms with Crippen LogP contribution in [-0.4, -0.2) is 66.3 Å². The van der Waals surface area contributed by atoms with Crippen LogP contribution < -0.4 is 10.2 Å². The van der Waals surface area contributed by atoms with Crippen molar-refractivity contribution < 1.29 is 27.8 Å². The molecule has 4 rings (SSSR count). The lowest BCUT2D eigenvalue weighted by molar-refractivity contribution is -0.163. The van der Waals surface area contributed by atoms with E-state index in [-0.39, 0.29) is 41.6 Å². The van der Waals surface area contributed by atoms with Gasteiger partial charge in [-0.1, -0.05) is 0 Å². The Morgan fingerprint density at radius 3 is 2.61 bits per heavy atom. The first-order valence-corrected chi connectivity index (χ1v) is 10.3. The zero-order valence-corrected chi connectivity index (χ0v) is 17.8. The maximum atomic E-state index is 13.9. The number of aromatic nitrogens is 5. The number of imidazole rings is 1. The van der Waals surface area contributed by atoms with E-state index >= 15 is 0 Å². The van der Waals surface area contributed by atoms with E-state index in [1.54, 1.807) is 4.90 Å². The first-order chi connectivity index (χ1) is 15.5. The van der Waals surface area contributed by atoms with E-state index in [0.717, 1.165) is 11.5 Å². The molecule has 0 aliphatic carbocycles. The summed E-state index contributed by atoms with van der Waals surface area (Å²) in [6, 6.07) is 1.02. The van der Waals surface area contributed by atoms with E-state index < -0.39 is 30.6 Å². The number of rotatable bonds is 5. The number of fused-ring (bicyclic) bond motifs is 1. The van der Waals surface area contributed by atoms with Crippen LogP contribution in [0, 0.1) is 0 Å². The molecule has 0 radical (unpaired) electrons. The number of anilines is 3. The topological polar surface area (TPSA) is 112 Å². The summed E-state index contributed by atoms with van der Waals surface area (Å²) in [6.07, 6.45) is -5.19. The van der Waals surface area contributed by atoms with Crippen molar-refractivity contribution in [1.29, 1.82) is 0 Å². The molecule has 0 bridgehead atoms. The number of piperidine rings is 1. The van der Waals surface area contributed by atoms with E-state index in [2.05, 4.69) is 25.3 Å². The first kappa shape index (κ1) is 23.1. The Morgan fingerprint density at radius 2 is 1.94 bits per heavy atom. The molecule has 1 aliphatic rings. The summed E-state index contributed by atoms with van der Waals surface area (Å²) >= 11 is 0. The molecule has 4 heterocycles. The Kier molecular flexibility index (Phi) is 6.10. The van der Waals surface area contributed by atoms with Crippen LogP contribution in [0.25, 0.3) is 11.0 Å². The van der Waals surface area contributed by atoms with Crippen LogP contribution >= 0.6 is 0 Å². The average Bonchev–Trinajstić information content (AvgIpc) is 3.13. The number of pyridine rings is 1. The molecular formula is C20H23F4N7O2. The molecule has 1 saturated heterocycles. The van der Waals surface area contributed by atoms with Crippen LogP contribution in [0.5, 0.6) is 0 Å².